The van der Waals surface area contributed by atoms with Crippen LogP contribution in [0.4, 0.5) is 0 Å². The summed E-state index contributed by atoms with van der Waals surface area (Å²) in [6.45, 7) is 8.41. The first-order valence-electron chi connectivity index (χ1n) is 5.97. The molecule has 0 aromatic carbocycles. The zero-order chi connectivity index (χ0) is 10.6. The van der Waals surface area contributed by atoms with E-state index in [0.29, 0.717) is 0 Å². The van der Waals surface area contributed by atoms with Crippen molar-refractivity contribution in [2.45, 2.75) is 65.2 Å². The molecule has 0 saturated carbocycles. The van der Waals surface area contributed by atoms with Crippen molar-refractivity contribution in [2.75, 3.05) is 0 Å². The third-order valence-corrected chi connectivity index (χ3v) is 2.25. The molecule has 14 heavy (non-hydrogen) atoms. The Morgan fingerprint density at radius 1 is 1.00 bits per heavy atom. The van der Waals surface area contributed by atoms with E-state index in [1.807, 2.05) is 0 Å². The van der Waals surface area contributed by atoms with Crippen molar-refractivity contribution < 1.29 is 0 Å². The van der Waals surface area contributed by atoms with Crippen LogP contribution < -0.4 is 0 Å². The second-order valence-corrected chi connectivity index (χ2v) is 3.82. The fraction of sp³-hybridized carbons (Fsp3) is 0.714. The summed E-state index contributed by atoms with van der Waals surface area (Å²) in [4.78, 5) is 0. The maximum atomic E-state index is 3.97. The summed E-state index contributed by atoms with van der Waals surface area (Å²) >= 11 is 0. The molecule has 80 valence electrons. The van der Waals surface area contributed by atoms with Crippen LogP contribution >= 0.6 is 0 Å². The lowest BCUT2D eigenvalue weighted by Crippen LogP contribution is -1.79. The van der Waals surface area contributed by atoms with E-state index < -0.39 is 0 Å². The Morgan fingerprint density at radius 2 is 1.64 bits per heavy atom. The molecule has 0 bridgehead atoms. The highest BCUT2D eigenvalue weighted by Crippen LogP contribution is 2.06. The van der Waals surface area contributed by atoms with E-state index in [2.05, 4.69) is 32.3 Å². The van der Waals surface area contributed by atoms with E-state index in [4.69, 9.17) is 0 Å². The SMILES string of the molecule is C=C(C#CCCCCC)CCCCC. The lowest BCUT2D eigenvalue weighted by atomic mass is 10.1. The van der Waals surface area contributed by atoms with Crippen molar-refractivity contribution in [3.8, 4) is 11.8 Å². The van der Waals surface area contributed by atoms with Crippen molar-refractivity contribution in [3.05, 3.63) is 12.2 Å². The summed E-state index contributed by atoms with van der Waals surface area (Å²) in [6.07, 6.45) is 9.78. The Hall–Kier alpha value is -0.700. The molecule has 0 atom stereocenters. The average molecular weight is 192 g/mol. The van der Waals surface area contributed by atoms with Gasteiger partial charge in [0, 0.05) is 6.42 Å². The molecule has 0 spiro atoms. The van der Waals surface area contributed by atoms with Gasteiger partial charge in [0.2, 0.25) is 0 Å². The van der Waals surface area contributed by atoms with Gasteiger partial charge >= 0.3 is 0 Å². The minimum Gasteiger partial charge on any atom is -0.0983 e. The van der Waals surface area contributed by atoms with Gasteiger partial charge in [-0.1, -0.05) is 58.0 Å². The van der Waals surface area contributed by atoms with Crippen LogP contribution in [0.2, 0.25) is 0 Å². The van der Waals surface area contributed by atoms with Crippen molar-refractivity contribution >= 4 is 0 Å². The molecule has 0 fully saturated rings. The fourth-order valence-corrected chi connectivity index (χ4v) is 1.30. The Kier molecular flexibility index (Phi) is 9.86. The van der Waals surface area contributed by atoms with E-state index in [1.54, 1.807) is 0 Å². The van der Waals surface area contributed by atoms with Gasteiger partial charge in [-0.15, -0.1) is 0 Å². The summed E-state index contributed by atoms with van der Waals surface area (Å²) in [5.74, 6) is 6.35. The van der Waals surface area contributed by atoms with Gasteiger partial charge < -0.3 is 0 Å². The van der Waals surface area contributed by atoms with E-state index in [-0.39, 0.29) is 0 Å². The molecule has 0 nitrogen and oxygen atoms in total. The van der Waals surface area contributed by atoms with Gasteiger partial charge in [-0.05, 0) is 24.8 Å². The molecule has 0 N–H and O–H groups in total. The molecule has 0 amide bonds. The molecule has 0 unspecified atom stereocenters. The molecular weight excluding hydrogens is 168 g/mol. The van der Waals surface area contributed by atoms with Crippen LogP contribution in [0.15, 0.2) is 12.2 Å². The second kappa shape index (κ2) is 10.4. The minimum atomic E-state index is 1.04. The normalized spacial score (nSPS) is 9.29. The number of unbranched alkanes of at least 4 members (excludes halogenated alkanes) is 5. The average Bonchev–Trinajstić information content (AvgIpc) is 2.18. The molecule has 0 heterocycles. The van der Waals surface area contributed by atoms with Gasteiger partial charge in [0.05, 0.1) is 0 Å². The van der Waals surface area contributed by atoms with Crippen LogP contribution in [-0.2, 0) is 0 Å². The molecule has 0 saturated heterocycles. The van der Waals surface area contributed by atoms with E-state index >= 15 is 0 Å². The zero-order valence-corrected chi connectivity index (χ0v) is 9.86. The van der Waals surface area contributed by atoms with Gasteiger partial charge in [-0.2, -0.15) is 0 Å². The van der Waals surface area contributed by atoms with Gasteiger partial charge in [-0.25, -0.2) is 0 Å². The summed E-state index contributed by atoms with van der Waals surface area (Å²) in [5.41, 5.74) is 1.12. The Balaban J connectivity index is 3.39. The molecule has 0 radical (unpaired) electrons. The van der Waals surface area contributed by atoms with Crippen molar-refractivity contribution in [2.24, 2.45) is 0 Å². The minimum absolute atomic E-state index is 1.04. The van der Waals surface area contributed by atoms with E-state index in [1.165, 1.54) is 38.5 Å². The van der Waals surface area contributed by atoms with Crippen LogP contribution in [0.5, 0.6) is 0 Å². The predicted molar refractivity (Wildman–Crippen MR) is 65.2 cm³/mol. The fourth-order valence-electron chi connectivity index (χ4n) is 1.30. The van der Waals surface area contributed by atoms with Crippen molar-refractivity contribution in [1.82, 2.24) is 0 Å². The van der Waals surface area contributed by atoms with Crippen LogP contribution in [0.1, 0.15) is 65.2 Å². The van der Waals surface area contributed by atoms with Crippen LogP contribution in [0.3, 0.4) is 0 Å². The Labute approximate surface area is 89.8 Å². The van der Waals surface area contributed by atoms with Crippen LogP contribution in [0, 0.1) is 11.8 Å². The first kappa shape index (κ1) is 13.3. The second-order valence-electron chi connectivity index (χ2n) is 3.82. The Morgan fingerprint density at radius 3 is 2.29 bits per heavy atom. The lowest BCUT2D eigenvalue weighted by Gasteiger charge is -1.95. The van der Waals surface area contributed by atoms with Crippen molar-refractivity contribution in [3.63, 3.8) is 0 Å². The monoisotopic (exact) mass is 192 g/mol. The summed E-state index contributed by atoms with van der Waals surface area (Å²) in [7, 11) is 0. The predicted octanol–water partition coefficient (Wildman–Crippen LogP) is 4.71. The highest BCUT2D eigenvalue weighted by molar-refractivity contribution is 5.25. The maximum Gasteiger partial charge on any atom is 0.00923 e. The topological polar surface area (TPSA) is 0 Å². The zero-order valence-electron chi connectivity index (χ0n) is 9.86. The first-order valence-corrected chi connectivity index (χ1v) is 5.97. The molecule has 0 aliphatic rings. The van der Waals surface area contributed by atoms with E-state index in [9.17, 15) is 0 Å². The molecule has 0 aromatic heterocycles. The Bertz CT molecular complexity index is 190. The number of hydrogen-bond acceptors (Lipinski definition) is 0. The number of allylic oxidation sites excluding steroid dienone is 1. The number of rotatable bonds is 7. The third-order valence-electron chi connectivity index (χ3n) is 2.25. The molecular formula is C14H24. The van der Waals surface area contributed by atoms with Gasteiger partial charge in [0.1, 0.15) is 0 Å². The lowest BCUT2D eigenvalue weighted by molar-refractivity contribution is 0.721. The quantitative estimate of drug-likeness (QED) is 0.405. The molecule has 0 heteroatoms. The standard InChI is InChI=1S/C14H24/c1-4-6-8-9-11-13-14(3)12-10-7-5-2/h3-10,12H2,1-2H3. The van der Waals surface area contributed by atoms with Crippen LogP contribution in [-0.4, -0.2) is 0 Å². The number of hydrogen-bond donors (Lipinski definition) is 0. The van der Waals surface area contributed by atoms with Crippen LogP contribution in [0.25, 0.3) is 0 Å². The highest BCUT2D eigenvalue weighted by atomic mass is 13.9. The molecule has 0 rings (SSSR count). The van der Waals surface area contributed by atoms with Crippen molar-refractivity contribution in [1.29, 1.82) is 0 Å². The van der Waals surface area contributed by atoms with Gasteiger partial charge in [0.15, 0.2) is 0 Å². The largest absolute Gasteiger partial charge is 0.0983 e. The summed E-state index contributed by atoms with van der Waals surface area (Å²) in [5, 5.41) is 0. The van der Waals surface area contributed by atoms with Gasteiger partial charge in [0.25, 0.3) is 0 Å². The smallest absolute Gasteiger partial charge is 0.00923 e. The first-order chi connectivity index (χ1) is 6.81. The maximum absolute atomic E-state index is 3.97. The van der Waals surface area contributed by atoms with Gasteiger partial charge in [-0.3, -0.25) is 0 Å². The molecule has 0 aromatic rings. The third kappa shape index (κ3) is 9.39. The molecule has 0 aliphatic carbocycles. The summed E-state index contributed by atoms with van der Waals surface area (Å²) in [6, 6.07) is 0. The summed E-state index contributed by atoms with van der Waals surface area (Å²) < 4.78 is 0. The molecule has 0 aliphatic heterocycles. The van der Waals surface area contributed by atoms with E-state index in [0.717, 1.165) is 18.4 Å². The highest BCUT2D eigenvalue weighted by Gasteiger charge is 1.89.